The number of hydrogen-bond acceptors (Lipinski definition) is 6. The molecule has 17 heavy (non-hydrogen) atoms. The molecule has 0 fully saturated rings. The molecule has 8 nitrogen and oxygen atoms in total. The van der Waals surface area contributed by atoms with E-state index < -0.39 is 10.0 Å². The summed E-state index contributed by atoms with van der Waals surface area (Å²) < 4.78 is 32.1. The summed E-state index contributed by atoms with van der Waals surface area (Å²) in [5.74, 6) is -0.0456. The molecule has 0 saturated carbocycles. The number of nitrogen functional groups attached to an aromatic ring is 1. The predicted molar refractivity (Wildman–Crippen MR) is 59.6 cm³/mol. The third-order valence-electron chi connectivity index (χ3n) is 2.05. The highest BCUT2D eigenvalue weighted by Gasteiger charge is 2.21. The third kappa shape index (κ3) is 2.23. The largest absolute Gasteiger partial charge is 0.381 e. The molecular formula is C8H11N5O3S. The minimum atomic E-state index is -3.76. The first-order valence-corrected chi connectivity index (χ1v) is 6.26. The molecule has 0 aliphatic heterocycles. The standard InChI is InChI=1S/C8H11N5O3S/c1-2-13-4-7(8(9)11-13)17(14,15)12-6-3-10-16-5-6/h3-5,12H,2H2,1H3,(H2,9,11). The summed E-state index contributed by atoms with van der Waals surface area (Å²) in [4.78, 5) is -0.0689. The molecule has 0 aromatic carbocycles. The van der Waals surface area contributed by atoms with E-state index in [4.69, 9.17) is 5.73 Å². The number of hydrogen-bond donors (Lipinski definition) is 2. The fourth-order valence-corrected chi connectivity index (χ4v) is 2.35. The highest BCUT2D eigenvalue weighted by molar-refractivity contribution is 7.92. The average Bonchev–Trinajstić information content (AvgIpc) is 2.86. The van der Waals surface area contributed by atoms with Crippen LogP contribution in [-0.2, 0) is 16.6 Å². The van der Waals surface area contributed by atoms with Crippen LogP contribution in [0.3, 0.4) is 0 Å². The van der Waals surface area contributed by atoms with Gasteiger partial charge in [0.1, 0.15) is 16.8 Å². The van der Waals surface area contributed by atoms with E-state index >= 15 is 0 Å². The minimum absolute atomic E-state index is 0.0456. The van der Waals surface area contributed by atoms with Gasteiger partial charge in [0, 0.05) is 12.7 Å². The summed E-state index contributed by atoms with van der Waals surface area (Å²) >= 11 is 0. The Morgan fingerprint density at radius 3 is 2.88 bits per heavy atom. The van der Waals surface area contributed by atoms with Crippen molar-refractivity contribution in [2.75, 3.05) is 10.5 Å². The van der Waals surface area contributed by atoms with Crippen molar-refractivity contribution in [3.63, 3.8) is 0 Å². The van der Waals surface area contributed by atoms with Crippen molar-refractivity contribution >= 4 is 21.5 Å². The molecule has 92 valence electrons. The lowest BCUT2D eigenvalue weighted by atomic mass is 10.6. The summed E-state index contributed by atoms with van der Waals surface area (Å²) in [6, 6.07) is 0. The molecule has 0 atom stereocenters. The number of aromatic nitrogens is 3. The van der Waals surface area contributed by atoms with Gasteiger partial charge < -0.3 is 10.3 Å². The summed E-state index contributed by atoms with van der Waals surface area (Å²) in [7, 11) is -3.76. The maximum atomic E-state index is 11.9. The Balaban J connectivity index is 2.34. The zero-order valence-electron chi connectivity index (χ0n) is 8.99. The van der Waals surface area contributed by atoms with E-state index in [1.165, 1.54) is 23.3 Å². The van der Waals surface area contributed by atoms with E-state index in [0.717, 1.165) is 0 Å². The van der Waals surface area contributed by atoms with Crippen LogP contribution in [0.5, 0.6) is 0 Å². The van der Waals surface area contributed by atoms with Crippen LogP contribution >= 0.6 is 0 Å². The Hall–Kier alpha value is -2.03. The number of nitrogens with zero attached hydrogens (tertiary/aromatic N) is 3. The minimum Gasteiger partial charge on any atom is -0.381 e. The van der Waals surface area contributed by atoms with Gasteiger partial charge >= 0.3 is 0 Å². The molecule has 0 amide bonds. The summed E-state index contributed by atoms with van der Waals surface area (Å²) in [6.07, 6.45) is 3.79. The van der Waals surface area contributed by atoms with Crippen molar-refractivity contribution in [2.45, 2.75) is 18.4 Å². The van der Waals surface area contributed by atoms with Gasteiger partial charge in [-0.3, -0.25) is 9.40 Å². The fourth-order valence-electron chi connectivity index (χ4n) is 1.25. The number of nitrogens with two attached hydrogens (primary N) is 1. The number of rotatable bonds is 4. The first-order valence-electron chi connectivity index (χ1n) is 4.78. The lowest BCUT2D eigenvalue weighted by Crippen LogP contribution is -2.13. The molecule has 2 aromatic rings. The highest BCUT2D eigenvalue weighted by atomic mass is 32.2. The second kappa shape index (κ2) is 4.09. The van der Waals surface area contributed by atoms with Crippen LogP contribution in [0.2, 0.25) is 0 Å². The lowest BCUT2D eigenvalue weighted by molar-refractivity contribution is 0.420. The van der Waals surface area contributed by atoms with E-state index in [1.54, 1.807) is 0 Å². The number of sulfonamides is 1. The maximum Gasteiger partial charge on any atom is 0.267 e. The van der Waals surface area contributed by atoms with Crippen molar-refractivity contribution in [1.29, 1.82) is 0 Å². The molecule has 0 bridgehead atoms. The van der Waals surface area contributed by atoms with Crippen molar-refractivity contribution in [3.8, 4) is 0 Å². The summed E-state index contributed by atoms with van der Waals surface area (Å²) in [6.45, 7) is 2.36. The van der Waals surface area contributed by atoms with E-state index in [1.807, 2.05) is 6.92 Å². The molecule has 3 N–H and O–H groups in total. The normalized spacial score (nSPS) is 11.6. The summed E-state index contributed by atoms with van der Waals surface area (Å²) in [5.41, 5.74) is 5.77. The quantitative estimate of drug-likeness (QED) is 0.812. The van der Waals surface area contributed by atoms with Gasteiger partial charge in [0.05, 0.1) is 6.20 Å². The number of aryl methyl sites for hydroxylation is 1. The van der Waals surface area contributed by atoms with Crippen LogP contribution < -0.4 is 10.5 Å². The molecule has 0 saturated heterocycles. The molecule has 9 heteroatoms. The van der Waals surface area contributed by atoms with Crippen LogP contribution in [0, 0.1) is 0 Å². The smallest absolute Gasteiger partial charge is 0.267 e. The monoisotopic (exact) mass is 257 g/mol. The summed E-state index contributed by atoms with van der Waals surface area (Å²) in [5, 5.41) is 7.25. The SMILES string of the molecule is CCn1cc(S(=O)(=O)Nc2cnoc2)c(N)n1. The van der Waals surface area contributed by atoms with Crippen LogP contribution in [-0.4, -0.2) is 23.4 Å². The maximum absolute atomic E-state index is 11.9. The van der Waals surface area contributed by atoms with Crippen LogP contribution in [0.25, 0.3) is 0 Å². The number of anilines is 2. The van der Waals surface area contributed by atoms with Gasteiger partial charge in [0.25, 0.3) is 10.0 Å². The lowest BCUT2D eigenvalue weighted by Gasteiger charge is -2.02. The highest BCUT2D eigenvalue weighted by Crippen LogP contribution is 2.19. The van der Waals surface area contributed by atoms with Gasteiger partial charge in [-0.25, -0.2) is 8.42 Å². The van der Waals surface area contributed by atoms with Crippen LogP contribution in [0.15, 0.2) is 28.1 Å². The molecule has 0 radical (unpaired) electrons. The Bertz CT molecular complexity index is 601. The van der Waals surface area contributed by atoms with Gasteiger partial charge in [-0.2, -0.15) is 5.10 Å². The predicted octanol–water partition coefficient (Wildman–Crippen LogP) is 0.274. The zero-order valence-corrected chi connectivity index (χ0v) is 9.81. The second-order valence-corrected chi connectivity index (χ2v) is 4.90. The molecule has 0 aliphatic carbocycles. The van der Waals surface area contributed by atoms with E-state index in [-0.39, 0.29) is 16.4 Å². The average molecular weight is 257 g/mol. The van der Waals surface area contributed by atoms with Gasteiger partial charge in [0.15, 0.2) is 5.82 Å². The van der Waals surface area contributed by atoms with Crippen LogP contribution in [0.4, 0.5) is 11.5 Å². The Labute approximate surface area is 97.4 Å². The van der Waals surface area contributed by atoms with E-state index in [0.29, 0.717) is 6.54 Å². The van der Waals surface area contributed by atoms with E-state index in [2.05, 4.69) is 19.5 Å². The van der Waals surface area contributed by atoms with Crippen molar-refractivity contribution < 1.29 is 12.9 Å². The van der Waals surface area contributed by atoms with E-state index in [9.17, 15) is 8.42 Å². The molecule has 0 aliphatic rings. The van der Waals surface area contributed by atoms with Gasteiger partial charge in [0.2, 0.25) is 0 Å². The van der Waals surface area contributed by atoms with Crippen molar-refractivity contribution in [3.05, 3.63) is 18.7 Å². The first-order chi connectivity index (χ1) is 8.03. The molecular weight excluding hydrogens is 246 g/mol. The third-order valence-corrected chi connectivity index (χ3v) is 3.45. The Kier molecular flexibility index (Phi) is 2.76. The second-order valence-electron chi connectivity index (χ2n) is 3.25. The van der Waals surface area contributed by atoms with Gasteiger partial charge in [-0.05, 0) is 6.92 Å². The molecule has 2 rings (SSSR count). The van der Waals surface area contributed by atoms with Crippen LogP contribution in [0.1, 0.15) is 6.92 Å². The molecule has 0 spiro atoms. The first kappa shape index (κ1) is 11.5. The van der Waals surface area contributed by atoms with Gasteiger partial charge in [-0.1, -0.05) is 5.16 Å². The molecule has 0 unspecified atom stereocenters. The molecule has 2 heterocycles. The Morgan fingerprint density at radius 2 is 2.35 bits per heavy atom. The number of nitrogens with one attached hydrogen (secondary N) is 1. The topological polar surface area (TPSA) is 116 Å². The fraction of sp³-hybridized carbons (Fsp3) is 0.250. The van der Waals surface area contributed by atoms with Crippen molar-refractivity contribution in [2.24, 2.45) is 0 Å². The molecule has 2 aromatic heterocycles. The Morgan fingerprint density at radius 1 is 1.59 bits per heavy atom. The van der Waals surface area contributed by atoms with Crippen molar-refractivity contribution in [1.82, 2.24) is 14.9 Å². The zero-order chi connectivity index (χ0) is 12.5. The van der Waals surface area contributed by atoms with Gasteiger partial charge in [-0.15, -0.1) is 0 Å².